The minimum absolute atomic E-state index is 0.0178. The maximum atomic E-state index is 12.0. The van der Waals surface area contributed by atoms with E-state index < -0.39 is 4.33 Å². The summed E-state index contributed by atoms with van der Waals surface area (Å²) in [5.74, 6) is -0.260. The second kappa shape index (κ2) is 5.84. The fraction of sp³-hybridized carbons (Fsp3) is 0.643. The largest absolute Gasteiger partial charge is 0.354 e. The molecule has 20 heavy (non-hydrogen) atoms. The molecule has 2 unspecified atom stereocenters. The van der Waals surface area contributed by atoms with Gasteiger partial charge >= 0.3 is 0 Å². The normalized spacial score (nSPS) is 26.4. The molecule has 0 radical (unpaired) electrons. The number of rotatable bonds is 5. The van der Waals surface area contributed by atoms with Crippen molar-refractivity contribution in [1.29, 1.82) is 0 Å². The maximum absolute atomic E-state index is 12.0. The van der Waals surface area contributed by atoms with Crippen LogP contribution >= 0.6 is 34.5 Å². The Bertz CT molecular complexity index is 472. The Morgan fingerprint density at radius 1 is 1.50 bits per heavy atom. The number of carbonyl (C=O) groups is 1. The fourth-order valence-corrected chi connectivity index (χ4v) is 4.13. The third kappa shape index (κ3) is 3.14. The molecule has 0 spiro atoms. The van der Waals surface area contributed by atoms with E-state index in [1.807, 2.05) is 0 Å². The Labute approximate surface area is 133 Å². The third-order valence-corrected chi connectivity index (χ3v) is 5.87. The lowest BCUT2D eigenvalue weighted by Gasteiger charge is -2.27. The summed E-state index contributed by atoms with van der Waals surface area (Å²) in [5, 5.41) is 5.11. The minimum Gasteiger partial charge on any atom is -0.354 e. The molecule has 2 atom stereocenters. The molecule has 3 nitrogen and oxygen atoms in total. The van der Waals surface area contributed by atoms with E-state index >= 15 is 0 Å². The predicted octanol–water partition coefficient (Wildman–Crippen LogP) is 3.20. The summed E-state index contributed by atoms with van der Waals surface area (Å²) in [5.41, 5.74) is 0. The lowest BCUT2D eigenvalue weighted by molar-refractivity contribution is -0.122. The van der Waals surface area contributed by atoms with E-state index in [-0.39, 0.29) is 17.9 Å². The lowest BCUT2D eigenvalue weighted by atomic mass is 10.2. The maximum Gasteiger partial charge on any atom is 0.226 e. The highest BCUT2D eigenvalue weighted by Gasteiger charge is 2.56. The summed E-state index contributed by atoms with van der Waals surface area (Å²) >= 11 is 13.6. The van der Waals surface area contributed by atoms with Crippen LogP contribution in [-0.2, 0) is 4.79 Å². The molecule has 1 aromatic rings. The van der Waals surface area contributed by atoms with Crippen LogP contribution in [0.1, 0.15) is 30.2 Å². The highest BCUT2D eigenvalue weighted by atomic mass is 35.5. The molecule has 0 aromatic carbocycles. The molecule has 1 amide bonds. The van der Waals surface area contributed by atoms with Crippen LogP contribution in [0.25, 0.3) is 0 Å². The molecule has 1 aromatic heterocycles. The Balaban J connectivity index is 1.60. The van der Waals surface area contributed by atoms with Crippen molar-refractivity contribution in [1.82, 2.24) is 10.2 Å². The first kappa shape index (κ1) is 14.6. The number of nitrogens with zero attached hydrogens (tertiary/aromatic N) is 1. The monoisotopic (exact) mass is 332 g/mol. The molecular formula is C14H18Cl2N2OS. The average Bonchev–Trinajstić information content (AvgIpc) is 2.91. The van der Waals surface area contributed by atoms with Crippen molar-refractivity contribution < 1.29 is 4.79 Å². The molecule has 1 saturated heterocycles. The third-order valence-electron chi connectivity index (χ3n) is 4.07. The smallest absolute Gasteiger partial charge is 0.226 e. The Morgan fingerprint density at radius 3 is 2.75 bits per heavy atom. The fourth-order valence-electron chi connectivity index (χ4n) is 2.76. The molecule has 2 heterocycles. The minimum atomic E-state index is -0.837. The van der Waals surface area contributed by atoms with Gasteiger partial charge in [-0.15, -0.1) is 34.5 Å². The zero-order valence-electron chi connectivity index (χ0n) is 11.1. The van der Waals surface area contributed by atoms with Gasteiger partial charge in [0.1, 0.15) is 4.33 Å². The molecule has 1 N–H and O–H groups in total. The topological polar surface area (TPSA) is 32.3 Å². The van der Waals surface area contributed by atoms with E-state index in [9.17, 15) is 4.79 Å². The number of hydrogen-bond acceptors (Lipinski definition) is 3. The molecule has 110 valence electrons. The van der Waals surface area contributed by atoms with Crippen LogP contribution in [0.2, 0.25) is 0 Å². The van der Waals surface area contributed by atoms with Crippen molar-refractivity contribution in [2.75, 3.05) is 19.6 Å². The summed E-state index contributed by atoms with van der Waals surface area (Å²) in [4.78, 5) is 15.8. The van der Waals surface area contributed by atoms with Gasteiger partial charge in [-0.1, -0.05) is 6.07 Å². The Kier molecular flexibility index (Phi) is 4.27. The van der Waals surface area contributed by atoms with Gasteiger partial charge < -0.3 is 5.32 Å². The SMILES string of the molecule is O=C(NCC(c1cccs1)N1CCCC1)C1CC1(Cl)Cl. The summed E-state index contributed by atoms with van der Waals surface area (Å²) in [7, 11) is 0. The van der Waals surface area contributed by atoms with Crippen molar-refractivity contribution in [2.45, 2.75) is 29.6 Å². The molecule has 1 saturated carbocycles. The molecule has 0 bridgehead atoms. The molecule has 2 aliphatic rings. The molecule has 2 fully saturated rings. The zero-order chi connectivity index (χ0) is 14.2. The number of amides is 1. The highest BCUT2D eigenvalue weighted by molar-refractivity contribution is 7.10. The van der Waals surface area contributed by atoms with Crippen LogP contribution in [0.5, 0.6) is 0 Å². The Morgan fingerprint density at radius 2 is 2.20 bits per heavy atom. The molecular weight excluding hydrogens is 315 g/mol. The molecule has 6 heteroatoms. The molecule has 1 aliphatic heterocycles. The van der Waals surface area contributed by atoms with Gasteiger partial charge in [-0.25, -0.2) is 0 Å². The first-order chi connectivity index (χ1) is 9.58. The number of alkyl halides is 2. The first-order valence-corrected chi connectivity index (χ1v) is 8.64. The van der Waals surface area contributed by atoms with Gasteiger partial charge in [0, 0.05) is 11.4 Å². The van der Waals surface area contributed by atoms with E-state index in [0.29, 0.717) is 13.0 Å². The van der Waals surface area contributed by atoms with E-state index in [0.717, 1.165) is 13.1 Å². The van der Waals surface area contributed by atoms with E-state index in [1.165, 1.54) is 17.7 Å². The van der Waals surface area contributed by atoms with Crippen molar-refractivity contribution in [3.63, 3.8) is 0 Å². The van der Waals surface area contributed by atoms with Crippen molar-refractivity contribution in [3.8, 4) is 0 Å². The van der Waals surface area contributed by atoms with Gasteiger partial charge in [0.15, 0.2) is 0 Å². The quantitative estimate of drug-likeness (QED) is 0.840. The van der Waals surface area contributed by atoms with Gasteiger partial charge in [0.05, 0.1) is 12.0 Å². The number of halogens is 2. The van der Waals surface area contributed by atoms with Crippen molar-refractivity contribution in [2.24, 2.45) is 5.92 Å². The number of carbonyl (C=O) groups excluding carboxylic acids is 1. The predicted molar refractivity (Wildman–Crippen MR) is 83.4 cm³/mol. The Hall–Kier alpha value is -0.290. The van der Waals surface area contributed by atoms with Gasteiger partial charge in [0.25, 0.3) is 0 Å². The second-order valence-corrected chi connectivity index (χ2v) is 8.06. The van der Waals surface area contributed by atoms with Crippen LogP contribution in [0.3, 0.4) is 0 Å². The van der Waals surface area contributed by atoms with Crippen LogP contribution in [0, 0.1) is 5.92 Å². The van der Waals surface area contributed by atoms with Crippen molar-refractivity contribution >= 4 is 40.4 Å². The number of hydrogen-bond donors (Lipinski definition) is 1. The van der Waals surface area contributed by atoms with E-state index in [2.05, 4.69) is 27.7 Å². The molecule has 1 aliphatic carbocycles. The van der Waals surface area contributed by atoms with E-state index in [1.54, 1.807) is 11.3 Å². The summed E-state index contributed by atoms with van der Waals surface area (Å²) in [6.07, 6.45) is 3.05. The van der Waals surface area contributed by atoms with Gasteiger partial charge in [0.2, 0.25) is 5.91 Å². The number of nitrogens with one attached hydrogen (secondary N) is 1. The number of thiophene rings is 1. The highest BCUT2D eigenvalue weighted by Crippen LogP contribution is 2.53. The van der Waals surface area contributed by atoms with Gasteiger partial charge in [-0.3, -0.25) is 9.69 Å². The summed E-state index contributed by atoms with van der Waals surface area (Å²) < 4.78 is -0.837. The molecule has 3 rings (SSSR count). The van der Waals surface area contributed by atoms with Crippen LogP contribution in [0.4, 0.5) is 0 Å². The second-order valence-electron chi connectivity index (χ2n) is 5.54. The zero-order valence-corrected chi connectivity index (χ0v) is 13.5. The van der Waals surface area contributed by atoms with Crippen LogP contribution in [-0.4, -0.2) is 34.8 Å². The average molecular weight is 333 g/mol. The van der Waals surface area contributed by atoms with E-state index in [4.69, 9.17) is 23.2 Å². The lowest BCUT2D eigenvalue weighted by Crippen LogP contribution is -2.37. The van der Waals surface area contributed by atoms with Gasteiger partial charge in [-0.05, 0) is 43.8 Å². The van der Waals surface area contributed by atoms with Crippen LogP contribution in [0.15, 0.2) is 17.5 Å². The summed E-state index contributed by atoms with van der Waals surface area (Å²) in [6, 6.07) is 4.49. The van der Waals surface area contributed by atoms with Gasteiger partial charge in [-0.2, -0.15) is 0 Å². The van der Waals surface area contributed by atoms with Crippen LogP contribution < -0.4 is 5.32 Å². The first-order valence-electron chi connectivity index (χ1n) is 7.01. The number of likely N-dealkylation sites (tertiary alicyclic amines) is 1. The standard InChI is InChI=1S/C14H18Cl2N2OS/c15-14(16)8-10(14)13(19)17-9-11(12-4-3-7-20-12)18-5-1-2-6-18/h3-4,7,10-11H,1-2,5-6,8-9H2,(H,17,19). The summed E-state index contributed by atoms with van der Waals surface area (Å²) in [6.45, 7) is 2.85. The van der Waals surface area contributed by atoms with Crippen molar-refractivity contribution in [3.05, 3.63) is 22.4 Å².